The monoisotopic (exact) mass is 320 g/mol. The molecule has 0 aliphatic heterocycles. The van der Waals surface area contributed by atoms with Crippen molar-refractivity contribution in [2.45, 2.75) is 18.6 Å². The van der Waals surface area contributed by atoms with Crippen LogP contribution in [0.4, 0.5) is 0 Å². The van der Waals surface area contributed by atoms with Gasteiger partial charge in [-0.25, -0.2) is 4.68 Å². The molecule has 2 aromatic carbocycles. The van der Waals surface area contributed by atoms with Gasteiger partial charge in [-0.05, 0) is 23.3 Å². The molecule has 2 N–H and O–H groups in total. The fraction of sp³-hybridized carbons (Fsp3) is 0.167. The van der Waals surface area contributed by atoms with Gasteiger partial charge in [-0.1, -0.05) is 47.7 Å². The number of benzene rings is 2. The first kappa shape index (κ1) is 14.6. The summed E-state index contributed by atoms with van der Waals surface area (Å²) in [4.78, 5) is 12.5. The van der Waals surface area contributed by atoms with E-state index in [1.54, 1.807) is 10.9 Å². The summed E-state index contributed by atoms with van der Waals surface area (Å²) in [6, 6.07) is 16.8. The van der Waals surface area contributed by atoms with Gasteiger partial charge in [-0.2, -0.15) is 0 Å². The van der Waals surface area contributed by atoms with Gasteiger partial charge in [-0.3, -0.25) is 4.79 Å². The second-order valence-electron chi connectivity index (χ2n) is 5.81. The van der Waals surface area contributed by atoms with E-state index >= 15 is 0 Å². The predicted molar refractivity (Wildman–Crippen MR) is 87.7 cm³/mol. The summed E-state index contributed by atoms with van der Waals surface area (Å²) in [5.74, 6) is -0.349. The number of rotatable bonds is 3. The number of para-hydroxylation sites is 1. The third kappa shape index (κ3) is 2.57. The van der Waals surface area contributed by atoms with Crippen molar-refractivity contribution >= 4 is 5.91 Å². The van der Waals surface area contributed by atoms with Crippen molar-refractivity contribution in [2.75, 3.05) is 0 Å². The first-order chi connectivity index (χ1) is 11.7. The van der Waals surface area contributed by atoms with Gasteiger partial charge in [-0.15, -0.1) is 5.10 Å². The number of aliphatic hydroxyl groups is 1. The number of fused-ring (bicyclic) bond motifs is 1. The summed E-state index contributed by atoms with van der Waals surface area (Å²) in [6.07, 6.45) is 1.49. The van der Waals surface area contributed by atoms with Crippen molar-refractivity contribution < 1.29 is 9.90 Å². The average molecular weight is 320 g/mol. The van der Waals surface area contributed by atoms with Crippen LogP contribution in [-0.4, -0.2) is 32.1 Å². The van der Waals surface area contributed by atoms with Gasteiger partial charge in [0, 0.05) is 6.42 Å². The van der Waals surface area contributed by atoms with Gasteiger partial charge in [0.2, 0.25) is 0 Å². The highest BCUT2D eigenvalue weighted by atomic mass is 16.3. The Kier molecular flexibility index (Phi) is 3.59. The lowest BCUT2D eigenvalue weighted by atomic mass is 10.1. The molecule has 2 atom stereocenters. The van der Waals surface area contributed by atoms with Crippen LogP contribution in [0.1, 0.15) is 27.7 Å². The van der Waals surface area contributed by atoms with Crippen molar-refractivity contribution in [1.82, 2.24) is 20.3 Å². The first-order valence-electron chi connectivity index (χ1n) is 7.77. The number of nitrogens with zero attached hydrogens (tertiary/aromatic N) is 3. The predicted octanol–water partition coefficient (Wildman–Crippen LogP) is 1.66. The molecule has 24 heavy (non-hydrogen) atoms. The standard InChI is InChI=1S/C18H16N4O2/c23-16-10-12-6-4-5-9-14(12)17(16)19-18(24)15-11-22(21-20-15)13-7-2-1-3-8-13/h1-9,11,16-17,23H,10H2,(H,19,24)/t16-,17+/m1/s1. The lowest BCUT2D eigenvalue weighted by molar-refractivity contribution is 0.0853. The zero-order valence-corrected chi connectivity index (χ0v) is 12.8. The largest absolute Gasteiger partial charge is 0.390 e. The molecule has 0 spiro atoms. The molecule has 3 aromatic rings. The van der Waals surface area contributed by atoms with Gasteiger partial charge in [0.25, 0.3) is 5.91 Å². The average Bonchev–Trinajstić information content (AvgIpc) is 3.21. The Morgan fingerprint density at radius 3 is 2.71 bits per heavy atom. The summed E-state index contributed by atoms with van der Waals surface area (Å²) in [7, 11) is 0. The fourth-order valence-electron chi connectivity index (χ4n) is 3.04. The van der Waals surface area contributed by atoms with E-state index in [4.69, 9.17) is 0 Å². The van der Waals surface area contributed by atoms with E-state index in [9.17, 15) is 9.90 Å². The van der Waals surface area contributed by atoms with E-state index in [0.717, 1.165) is 16.8 Å². The van der Waals surface area contributed by atoms with Gasteiger partial charge < -0.3 is 10.4 Å². The van der Waals surface area contributed by atoms with E-state index in [0.29, 0.717) is 6.42 Å². The number of nitrogens with one attached hydrogen (secondary N) is 1. The highest BCUT2D eigenvalue weighted by Gasteiger charge is 2.32. The number of aromatic nitrogens is 3. The first-order valence-corrected chi connectivity index (χ1v) is 7.77. The van der Waals surface area contributed by atoms with Crippen LogP contribution in [0.2, 0.25) is 0 Å². The quantitative estimate of drug-likeness (QED) is 0.769. The fourth-order valence-corrected chi connectivity index (χ4v) is 3.04. The lowest BCUT2D eigenvalue weighted by Gasteiger charge is -2.16. The maximum atomic E-state index is 12.5. The molecule has 0 bridgehead atoms. The topological polar surface area (TPSA) is 80.0 Å². The Labute approximate surface area is 138 Å². The molecule has 0 unspecified atom stereocenters. The molecule has 6 nitrogen and oxygen atoms in total. The van der Waals surface area contributed by atoms with Crippen LogP contribution in [0.5, 0.6) is 0 Å². The van der Waals surface area contributed by atoms with E-state index < -0.39 is 12.1 Å². The highest BCUT2D eigenvalue weighted by molar-refractivity contribution is 5.92. The molecule has 120 valence electrons. The number of hydrogen-bond acceptors (Lipinski definition) is 4. The van der Waals surface area contributed by atoms with E-state index in [1.165, 1.54) is 0 Å². The Morgan fingerprint density at radius 2 is 1.88 bits per heavy atom. The van der Waals surface area contributed by atoms with Crippen LogP contribution in [-0.2, 0) is 6.42 Å². The van der Waals surface area contributed by atoms with Crippen molar-refractivity contribution in [1.29, 1.82) is 0 Å². The van der Waals surface area contributed by atoms with Crippen LogP contribution in [0, 0.1) is 0 Å². The summed E-state index contributed by atoms with van der Waals surface area (Å²) < 4.78 is 1.55. The molecule has 1 aliphatic carbocycles. The third-order valence-electron chi connectivity index (χ3n) is 4.24. The van der Waals surface area contributed by atoms with E-state index in [-0.39, 0.29) is 11.6 Å². The Hall–Kier alpha value is -2.99. The SMILES string of the molecule is O=C(N[C@H]1c2ccccc2C[C@H]1O)c1cn(-c2ccccc2)nn1. The summed E-state index contributed by atoms with van der Waals surface area (Å²) in [5, 5.41) is 21.0. The zero-order valence-electron chi connectivity index (χ0n) is 12.8. The molecular weight excluding hydrogens is 304 g/mol. The molecule has 0 radical (unpaired) electrons. The molecule has 0 saturated heterocycles. The maximum Gasteiger partial charge on any atom is 0.274 e. The van der Waals surface area contributed by atoms with E-state index in [2.05, 4.69) is 15.6 Å². The molecule has 1 aromatic heterocycles. The molecule has 0 saturated carbocycles. The number of amides is 1. The summed E-state index contributed by atoms with van der Waals surface area (Å²) in [6.45, 7) is 0. The highest BCUT2D eigenvalue weighted by Crippen LogP contribution is 2.31. The van der Waals surface area contributed by atoms with Gasteiger partial charge in [0.05, 0.1) is 24.0 Å². The number of aliphatic hydroxyl groups excluding tert-OH is 1. The minimum absolute atomic E-state index is 0.218. The molecule has 1 heterocycles. The third-order valence-corrected chi connectivity index (χ3v) is 4.24. The van der Waals surface area contributed by atoms with Crippen molar-refractivity contribution in [2.24, 2.45) is 0 Å². The smallest absolute Gasteiger partial charge is 0.274 e. The van der Waals surface area contributed by atoms with Crippen LogP contribution >= 0.6 is 0 Å². The number of hydrogen-bond donors (Lipinski definition) is 2. The van der Waals surface area contributed by atoms with Crippen LogP contribution < -0.4 is 5.32 Å². The van der Waals surface area contributed by atoms with Gasteiger partial charge in [0.1, 0.15) is 0 Å². The Balaban J connectivity index is 1.54. The van der Waals surface area contributed by atoms with Crippen LogP contribution in [0.15, 0.2) is 60.8 Å². The molecule has 1 amide bonds. The van der Waals surface area contributed by atoms with Gasteiger partial charge >= 0.3 is 0 Å². The lowest BCUT2D eigenvalue weighted by Crippen LogP contribution is -2.34. The minimum atomic E-state index is -0.629. The van der Waals surface area contributed by atoms with Crippen LogP contribution in [0.3, 0.4) is 0 Å². The minimum Gasteiger partial charge on any atom is -0.390 e. The molecule has 4 rings (SSSR count). The molecule has 1 aliphatic rings. The Morgan fingerprint density at radius 1 is 1.12 bits per heavy atom. The van der Waals surface area contributed by atoms with E-state index in [1.807, 2.05) is 54.6 Å². The van der Waals surface area contributed by atoms with Gasteiger partial charge in [0.15, 0.2) is 5.69 Å². The summed E-state index contributed by atoms with van der Waals surface area (Å²) >= 11 is 0. The van der Waals surface area contributed by atoms with Crippen molar-refractivity contribution in [3.05, 3.63) is 77.6 Å². The van der Waals surface area contributed by atoms with Crippen molar-refractivity contribution in [3.63, 3.8) is 0 Å². The number of carbonyl (C=O) groups excluding carboxylic acids is 1. The molecule has 6 heteroatoms. The second kappa shape index (κ2) is 5.90. The van der Waals surface area contributed by atoms with Crippen LogP contribution in [0.25, 0.3) is 5.69 Å². The Bertz CT molecular complexity index is 875. The number of carbonyl (C=O) groups is 1. The van der Waals surface area contributed by atoms with Crippen molar-refractivity contribution in [3.8, 4) is 5.69 Å². The molecule has 0 fully saturated rings. The zero-order chi connectivity index (χ0) is 16.5. The normalized spacial score (nSPS) is 19.0. The molecular formula is C18H16N4O2. The summed E-state index contributed by atoms with van der Waals surface area (Å²) in [5.41, 5.74) is 3.06. The second-order valence-corrected chi connectivity index (χ2v) is 5.81. The maximum absolute atomic E-state index is 12.5.